The van der Waals surface area contributed by atoms with E-state index < -0.39 is 11.9 Å². The van der Waals surface area contributed by atoms with Crippen molar-refractivity contribution < 1.29 is 24.1 Å². The van der Waals surface area contributed by atoms with E-state index in [2.05, 4.69) is 13.8 Å². The lowest BCUT2D eigenvalue weighted by Crippen LogP contribution is -2.10. The zero-order chi connectivity index (χ0) is 23.1. The summed E-state index contributed by atoms with van der Waals surface area (Å²) in [5.41, 5.74) is 5.14. The highest BCUT2D eigenvalue weighted by molar-refractivity contribution is 6.06. The average molecular weight is 443 g/mol. The molecule has 168 valence electrons. The van der Waals surface area contributed by atoms with Crippen LogP contribution in [0.5, 0.6) is 17.2 Å². The van der Waals surface area contributed by atoms with Crippen LogP contribution in [0.25, 0.3) is 5.57 Å². The van der Waals surface area contributed by atoms with E-state index in [0.717, 1.165) is 34.5 Å². The van der Waals surface area contributed by atoms with Crippen LogP contribution in [-0.4, -0.2) is 30.0 Å². The first-order valence-corrected chi connectivity index (χ1v) is 11.0. The maximum Gasteiger partial charge on any atom is 0.333 e. The maximum atomic E-state index is 12.7. The van der Waals surface area contributed by atoms with Gasteiger partial charge in [-0.05, 0) is 59.4 Å². The van der Waals surface area contributed by atoms with Crippen LogP contribution in [0.4, 0.5) is 0 Å². The minimum absolute atomic E-state index is 0.166. The Bertz CT molecular complexity index is 1260. The lowest BCUT2D eigenvalue weighted by molar-refractivity contribution is -0.132. The Kier molecular flexibility index (Phi) is 5.29. The van der Waals surface area contributed by atoms with Gasteiger partial charge in [-0.15, -0.1) is 0 Å². The second-order valence-corrected chi connectivity index (χ2v) is 8.71. The molecule has 0 amide bonds. The number of carboxylic acids is 1. The lowest BCUT2D eigenvalue weighted by atomic mass is 9.88. The summed E-state index contributed by atoms with van der Waals surface area (Å²) >= 11 is 0. The van der Waals surface area contributed by atoms with E-state index in [0.29, 0.717) is 34.3 Å². The topological polar surface area (TPSA) is 77.9 Å². The van der Waals surface area contributed by atoms with Gasteiger partial charge in [0.2, 0.25) is 6.79 Å². The van der Waals surface area contributed by atoms with Crippen molar-refractivity contribution in [2.24, 2.45) is 5.92 Å². The van der Waals surface area contributed by atoms with Gasteiger partial charge in [0.15, 0.2) is 11.5 Å². The van der Waals surface area contributed by atoms with Gasteiger partial charge in [-0.25, -0.2) is 4.79 Å². The second-order valence-electron chi connectivity index (χ2n) is 8.71. The van der Waals surface area contributed by atoms with Crippen molar-refractivity contribution in [1.82, 2.24) is 4.98 Å². The molecule has 1 aliphatic carbocycles. The summed E-state index contributed by atoms with van der Waals surface area (Å²) in [6.45, 7) is 4.46. The molecule has 2 aliphatic rings. The smallest absolute Gasteiger partial charge is 0.333 e. The molecule has 0 bridgehead atoms. The molecule has 2 heterocycles. The minimum atomic E-state index is -0.966. The molecule has 0 spiro atoms. The predicted molar refractivity (Wildman–Crippen MR) is 124 cm³/mol. The molecule has 2 aromatic carbocycles. The number of methoxy groups -OCH3 is 1. The van der Waals surface area contributed by atoms with E-state index in [1.54, 1.807) is 7.11 Å². The van der Waals surface area contributed by atoms with Crippen LogP contribution >= 0.6 is 0 Å². The van der Waals surface area contributed by atoms with Crippen LogP contribution in [0, 0.1) is 5.92 Å². The largest absolute Gasteiger partial charge is 0.497 e. The van der Waals surface area contributed by atoms with Crippen molar-refractivity contribution in [2.75, 3.05) is 13.9 Å². The first-order valence-electron chi connectivity index (χ1n) is 11.0. The number of rotatable bonds is 6. The molecule has 3 aromatic rings. The van der Waals surface area contributed by atoms with E-state index in [4.69, 9.17) is 19.2 Å². The molecule has 1 aliphatic heterocycles. The number of hydrogen-bond acceptors (Lipinski definition) is 5. The monoisotopic (exact) mass is 443 g/mol. The van der Waals surface area contributed by atoms with Crippen LogP contribution in [0.3, 0.4) is 0 Å². The minimum Gasteiger partial charge on any atom is -0.497 e. The molecule has 33 heavy (non-hydrogen) atoms. The molecule has 0 saturated carbocycles. The maximum absolute atomic E-state index is 12.7. The summed E-state index contributed by atoms with van der Waals surface area (Å²) in [5, 5.41) is 10.4. The number of carbonyl (C=O) groups is 1. The number of carboxylic acid groups (broad SMARTS) is 1. The number of hydrogen-bond donors (Lipinski definition) is 1. The van der Waals surface area contributed by atoms with Gasteiger partial charge >= 0.3 is 5.97 Å². The Hall–Kier alpha value is -3.80. The van der Waals surface area contributed by atoms with Gasteiger partial charge in [-0.1, -0.05) is 38.1 Å². The number of fused-ring (bicyclic) bond motifs is 2. The third kappa shape index (κ3) is 3.71. The molecule has 0 unspecified atom stereocenters. The standard InChI is InChI=1S/C27H25NO5/c1-15(2)12-18-7-10-20-23(17-6-11-21-22(13-17)33-14-32-21)25(27(29)30)24(26(20)28-18)16-4-8-19(31-3)9-5-16/h4-11,13,15,23H,12,14H2,1-3H3,(H,29,30)/t23-/m0/s1. The van der Waals surface area contributed by atoms with Crippen molar-refractivity contribution >= 4 is 11.5 Å². The summed E-state index contributed by atoms with van der Waals surface area (Å²) in [4.78, 5) is 17.7. The molecule has 0 radical (unpaired) electrons. The van der Waals surface area contributed by atoms with E-state index in [9.17, 15) is 9.90 Å². The zero-order valence-electron chi connectivity index (χ0n) is 18.8. The highest BCUT2D eigenvalue weighted by atomic mass is 16.7. The first kappa shape index (κ1) is 21.1. The fourth-order valence-electron chi connectivity index (χ4n) is 4.62. The predicted octanol–water partition coefficient (Wildman–Crippen LogP) is 5.05. The Balaban J connectivity index is 1.73. The van der Waals surface area contributed by atoms with E-state index in [1.807, 2.05) is 54.6 Å². The highest BCUT2D eigenvalue weighted by Gasteiger charge is 2.39. The molecule has 6 nitrogen and oxygen atoms in total. The van der Waals surface area contributed by atoms with Crippen LogP contribution in [0.15, 0.2) is 60.2 Å². The van der Waals surface area contributed by atoms with E-state index in [-0.39, 0.29) is 6.79 Å². The normalized spacial score (nSPS) is 16.3. The Morgan fingerprint density at radius 3 is 2.55 bits per heavy atom. The molecule has 1 aromatic heterocycles. The molecule has 0 saturated heterocycles. The molecule has 0 fully saturated rings. The molecule has 6 heteroatoms. The van der Waals surface area contributed by atoms with E-state index >= 15 is 0 Å². The van der Waals surface area contributed by atoms with Gasteiger partial charge in [-0.3, -0.25) is 4.98 Å². The first-order chi connectivity index (χ1) is 16.0. The van der Waals surface area contributed by atoms with Gasteiger partial charge < -0.3 is 19.3 Å². The molecular weight excluding hydrogens is 418 g/mol. The lowest BCUT2D eigenvalue weighted by Gasteiger charge is -2.16. The average Bonchev–Trinajstić information content (AvgIpc) is 3.40. The fraction of sp³-hybridized carbons (Fsp3) is 0.259. The molecular formula is C27H25NO5. The Morgan fingerprint density at radius 2 is 1.85 bits per heavy atom. The van der Waals surface area contributed by atoms with Crippen molar-refractivity contribution in [3.05, 3.63) is 88.2 Å². The van der Waals surface area contributed by atoms with Crippen LogP contribution in [-0.2, 0) is 11.2 Å². The molecule has 1 atom stereocenters. The third-order valence-electron chi connectivity index (χ3n) is 6.05. The Labute approximate surface area is 192 Å². The van der Waals surface area contributed by atoms with Gasteiger partial charge in [0.25, 0.3) is 0 Å². The van der Waals surface area contributed by atoms with Crippen molar-refractivity contribution in [3.8, 4) is 17.2 Å². The van der Waals surface area contributed by atoms with Crippen LogP contribution < -0.4 is 14.2 Å². The molecule has 1 N–H and O–H groups in total. The number of nitrogens with zero attached hydrogens (tertiary/aromatic N) is 1. The van der Waals surface area contributed by atoms with Gasteiger partial charge in [0, 0.05) is 17.2 Å². The SMILES string of the molecule is COc1ccc(C2=C(C(=O)O)[C@@H](c3ccc4c(c3)OCO4)c3ccc(CC(C)C)nc32)cc1. The second kappa shape index (κ2) is 8.28. The van der Waals surface area contributed by atoms with Gasteiger partial charge in [0.05, 0.1) is 18.4 Å². The zero-order valence-corrected chi connectivity index (χ0v) is 18.8. The summed E-state index contributed by atoms with van der Waals surface area (Å²) < 4.78 is 16.3. The summed E-state index contributed by atoms with van der Waals surface area (Å²) in [5.74, 6) is 1.01. The van der Waals surface area contributed by atoms with Gasteiger partial charge in [0.1, 0.15) is 5.75 Å². The summed E-state index contributed by atoms with van der Waals surface area (Å²) in [7, 11) is 1.61. The van der Waals surface area contributed by atoms with Crippen molar-refractivity contribution in [2.45, 2.75) is 26.2 Å². The number of aliphatic carboxylic acids is 1. The van der Waals surface area contributed by atoms with Crippen molar-refractivity contribution in [1.29, 1.82) is 0 Å². The van der Waals surface area contributed by atoms with Gasteiger partial charge in [-0.2, -0.15) is 0 Å². The fourth-order valence-corrected chi connectivity index (χ4v) is 4.62. The van der Waals surface area contributed by atoms with E-state index in [1.165, 1.54) is 0 Å². The third-order valence-corrected chi connectivity index (χ3v) is 6.05. The van der Waals surface area contributed by atoms with Crippen LogP contribution in [0.1, 0.15) is 47.8 Å². The molecule has 5 rings (SSSR count). The number of benzene rings is 2. The highest BCUT2D eigenvalue weighted by Crippen LogP contribution is 2.49. The van der Waals surface area contributed by atoms with Crippen LogP contribution in [0.2, 0.25) is 0 Å². The number of ether oxygens (including phenoxy) is 3. The number of aromatic nitrogens is 1. The van der Waals surface area contributed by atoms with Crippen molar-refractivity contribution in [3.63, 3.8) is 0 Å². The number of pyridine rings is 1. The summed E-state index contributed by atoms with van der Waals surface area (Å²) in [6, 6.07) is 17.1. The Morgan fingerprint density at radius 1 is 1.09 bits per heavy atom. The summed E-state index contributed by atoms with van der Waals surface area (Å²) in [6.07, 6.45) is 0.820. The quantitative estimate of drug-likeness (QED) is 0.575.